The lowest BCUT2D eigenvalue weighted by atomic mass is 9.85. The summed E-state index contributed by atoms with van der Waals surface area (Å²) in [6, 6.07) is 0.136. The molecule has 0 saturated carbocycles. The molecule has 1 rings (SSSR count). The van der Waals surface area contributed by atoms with Crippen molar-refractivity contribution in [3.63, 3.8) is 0 Å². The molecule has 0 aromatic rings. The third-order valence-corrected chi connectivity index (χ3v) is 4.24. The maximum Gasteiger partial charge on any atom is 0.220 e. The van der Waals surface area contributed by atoms with Crippen LogP contribution in [0.3, 0.4) is 0 Å². The van der Waals surface area contributed by atoms with Gasteiger partial charge in [-0.3, -0.25) is 4.79 Å². The summed E-state index contributed by atoms with van der Waals surface area (Å²) < 4.78 is 0. The molecule has 0 saturated heterocycles. The van der Waals surface area contributed by atoms with Crippen LogP contribution in [0.1, 0.15) is 59.3 Å². The fourth-order valence-electron chi connectivity index (χ4n) is 2.53. The lowest BCUT2D eigenvalue weighted by Gasteiger charge is -2.27. The van der Waals surface area contributed by atoms with Gasteiger partial charge < -0.3 is 11.1 Å². The lowest BCUT2D eigenvalue weighted by molar-refractivity contribution is -0.123. The standard InChI is InChI=1S/C16H30N2O/c1-4-16(2,3)11-15(19)18-14(12-17)10-13-8-6-5-7-9-13/h5-6,13-14H,4,7-12,17H2,1-3H3,(H,18,19). The number of amides is 1. The Morgan fingerprint density at radius 3 is 2.74 bits per heavy atom. The summed E-state index contributed by atoms with van der Waals surface area (Å²) >= 11 is 0. The monoisotopic (exact) mass is 266 g/mol. The summed E-state index contributed by atoms with van der Waals surface area (Å²) in [6.45, 7) is 6.94. The van der Waals surface area contributed by atoms with Crippen LogP contribution in [0.2, 0.25) is 0 Å². The number of hydrogen-bond donors (Lipinski definition) is 2. The van der Waals surface area contributed by atoms with Gasteiger partial charge in [-0.1, -0.05) is 39.3 Å². The molecule has 0 fully saturated rings. The van der Waals surface area contributed by atoms with E-state index in [2.05, 4.69) is 38.2 Å². The van der Waals surface area contributed by atoms with Crippen molar-refractivity contribution in [2.45, 2.75) is 65.3 Å². The first-order valence-corrected chi connectivity index (χ1v) is 7.61. The molecule has 3 heteroatoms. The average molecular weight is 266 g/mol. The van der Waals surface area contributed by atoms with E-state index in [9.17, 15) is 4.79 Å². The normalized spacial score (nSPS) is 21.2. The van der Waals surface area contributed by atoms with E-state index < -0.39 is 0 Å². The van der Waals surface area contributed by atoms with Crippen LogP contribution in [0, 0.1) is 11.3 Å². The number of carbonyl (C=O) groups excluding carboxylic acids is 1. The highest BCUT2D eigenvalue weighted by Gasteiger charge is 2.22. The summed E-state index contributed by atoms with van der Waals surface area (Å²) in [5, 5.41) is 3.12. The van der Waals surface area contributed by atoms with E-state index in [4.69, 9.17) is 5.73 Å². The summed E-state index contributed by atoms with van der Waals surface area (Å²) in [7, 11) is 0. The van der Waals surface area contributed by atoms with E-state index in [-0.39, 0.29) is 17.4 Å². The molecule has 3 nitrogen and oxygen atoms in total. The molecule has 3 N–H and O–H groups in total. The second-order valence-electron chi connectivity index (χ2n) is 6.58. The number of carbonyl (C=O) groups is 1. The van der Waals surface area contributed by atoms with Gasteiger partial charge in [-0.2, -0.15) is 0 Å². The first kappa shape index (κ1) is 16.2. The largest absolute Gasteiger partial charge is 0.352 e. The van der Waals surface area contributed by atoms with Gasteiger partial charge in [0.15, 0.2) is 0 Å². The van der Waals surface area contributed by atoms with Crippen molar-refractivity contribution in [3.8, 4) is 0 Å². The molecule has 110 valence electrons. The zero-order chi connectivity index (χ0) is 14.3. The van der Waals surface area contributed by atoms with Gasteiger partial charge in [0.25, 0.3) is 0 Å². The van der Waals surface area contributed by atoms with E-state index in [0.717, 1.165) is 19.3 Å². The summed E-state index contributed by atoms with van der Waals surface area (Å²) in [4.78, 5) is 12.0. The Morgan fingerprint density at radius 1 is 1.47 bits per heavy atom. The van der Waals surface area contributed by atoms with Gasteiger partial charge in [0.2, 0.25) is 5.91 Å². The van der Waals surface area contributed by atoms with E-state index in [0.29, 0.717) is 18.9 Å². The quantitative estimate of drug-likeness (QED) is 0.696. The minimum atomic E-state index is 0.0802. The number of nitrogens with two attached hydrogens (primary N) is 1. The summed E-state index contributed by atoms with van der Waals surface area (Å²) in [5.41, 5.74) is 5.88. The van der Waals surface area contributed by atoms with Crippen LogP contribution < -0.4 is 11.1 Å². The molecule has 0 aliphatic heterocycles. The van der Waals surface area contributed by atoms with Crippen LogP contribution in [-0.4, -0.2) is 18.5 Å². The minimum absolute atomic E-state index is 0.0802. The van der Waals surface area contributed by atoms with E-state index in [1.54, 1.807) is 0 Å². The van der Waals surface area contributed by atoms with Crippen LogP contribution in [0.25, 0.3) is 0 Å². The molecule has 1 amide bonds. The number of nitrogens with one attached hydrogen (secondary N) is 1. The van der Waals surface area contributed by atoms with Gasteiger partial charge in [-0.15, -0.1) is 0 Å². The molecule has 2 atom stereocenters. The molecule has 2 unspecified atom stereocenters. The predicted octanol–water partition coefficient (Wildman–Crippen LogP) is 3.00. The highest BCUT2D eigenvalue weighted by molar-refractivity contribution is 5.76. The maximum atomic E-state index is 12.0. The molecular weight excluding hydrogens is 236 g/mol. The molecule has 1 aliphatic carbocycles. The molecule has 0 heterocycles. The van der Waals surface area contributed by atoms with Crippen LogP contribution >= 0.6 is 0 Å². The van der Waals surface area contributed by atoms with Crippen molar-refractivity contribution < 1.29 is 4.79 Å². The van der Waals surface area contributed by atoms with E-state index in [1.165, 1.54) is 12.8 Å². The molecule has 0 radical (unpaired) electrons. The van der Waals surface area contributed by atoms with Crippen molar-refractivity contribution in [1.82, 2.24) is 5.32 Å². The third kappa shape index (κ3) is 6.24. The molecule has 0 aromatic heterocycles. The second-order valence-corrected chi connectivity index (χ2v) is 6.58. The molecule has 1 aliphatic rings. The number of rotatable bonds is 7. The lowest BCUT2D eigenvalue weighted by Crippen LogP contribution is -2.42. The Balaban J connectivity index is 2.38. The van der Waals surface area contributed by atoms with Gasteiger partial charge in [-0.25, -0.2) is 0 Å². The molecule has 0 bridgehead atoms. The molecular formula is C16H30N2O. The van der Waals surface area contributed by atoms with Crippen molar-refractivity contribution >= 4 is 5.91 Å². The van der Waals surface area contributed by atoms with Gasteiger partial charge in [0.1, 0.15) is 0 Å². The van der Waals surface area contributed by atoms with Crippen LogP contribution in [0.4, 0.5) is 0 Å². The molecule has 0 aromatic carbocycles. The Labute approximate surface area is 118 Å². The fraction of sp³-hybridized carbons (Fsp3) is 0.812. The van der Waals surface area contributed by atoms with Crippen LogP contribution in [0.15, 0.2) is 12.2 Å². The van der Waals surface area contributed by atoms with Crippen molar-refractivity contribution in [3.05, 3.63) is 12.2 Å². The summed E-state index contributed by atoms with van der Waals surface area (Å²) in [6.07, 6.45) is 10.6. The highest BCUT2D eigenvalue weighted by atomic mass is 16.1. The predicted molar refractivity (Wildman–Crippen MR) is 80.8 cm³/mol. The summed E-state index contributed by atoms with van der Waals surface area (Å²) in [5.74, 6) is 0.826. The fourth-order valence-corrected chi connectivity index (χ4v) is 2.53. The first-order chi connectivity index (χ1) is 8.96. The minimum Gasteiger partial charge on any atom is -0.352 e. The van der Waals surface area contributed by atoms with Crippen molar-refractivity contribution in [2.75, 3.05) is 6.54 Å². The molecule has 0 spiro atoms. The number of allylic oxidation sites excluding steroid dienone is 2. The third-order valence-electron chi connectivity index (χ3n) is 4.24. The zero-order valence-electron chi connectivity index (χ0n) is 12.7. The highest BCUT2D eigenvalue weighted by Crippen LogP contribution is 2.25. The van der Waals surface area contributed by atoms with Gasteiger partial charge in [-0.05, 0) is 37.0 Å². The first-order valence-electron chi connectivity index (χ1n) is 7.61. The smallest absolute Gasteiger partial charge is 0.220 e. The Hall–Kier alpha value is -0.830. The number of hydrogen-bond acceptors (Lipinski definition) is 2. The average Bonchev–Trinajstić information content (AvgIpc) is 2.38. The van der Waals surface area contributed by atoms with Crippen LogP contribution in [0.5, 0.6) is 0 Å². The van der Waals surface area contributed by atoms with E-state index in [1.807, 2.05) is 0 Å². The Bertz CT molecular complexity index is 310. The van der Waals surface area contributed by atoms with E-state index >= 15 is 0 Å². The molecule has 19 heavy (non-hydrogen) atoms. The Kier molecular flexibility index (Phi) is 6.56. The zero-order valence-corrected chi connectivity index (χ0v) is 12.7. The Morgan fingerprint density at radius 2 is 2.21 bits per heavy atom. The maximum absolute atomic E-state index is 12.0. The van der Waals surface area contributed by atoms with Gasteiger partial charge in [0.05, 0.1) is 0 Å². The van der Waals surface area contributed by atoms with Crippen molar-refractivity contribution in [1.29, 1.82) is 0 Å². The SMILES string of the molecule is CCC(C)(C)CC(=O)NC(CN)CC1CC=CCC1. The van der Waals surface area contributed by atoms with Crippen LogP contribution in [-0.2, 0) is 4.79 Å². The van der Waals surface area contributed by atoms with Crippen molar-refractivity contribution in [2.24, 2.45) is 17.1 Å². The second kappa shape index (κ2) is 7.68. The topological polar surface area (TPSA) is 55.1 Å². The van der Waals surface area contributed by atoms with Gasteiger partial charge in [0, 0.05) is 19.0 Å². The van der Waals surface area contributed by atoms with Gasteiger partial charge >= 0.3 is 0 Å².